The van der Waals surface area contributed by atoms with Crippen molar-refractivity contribution >= 4 is 17.3 Å². The highest BCUT2D eigenvalue weighted by molar-refractivity contribution is 7.80. The Balaban J connectivity index is 1.52. The second-order valence-electron chi connectivity index (χ2n) is 6.26. The first-order valence-corrected chi connectivity index (χ1v) is 8.22. The van der Waals surface area contributed by atoms with Crippen LogP contribution >= 0.6 is 12.2 Å². The number of aromatic nitrogens is 2. The van der Waals surface area contributed by atoms with Gasteiger partial charge in [0.05, 0.1) is 5.69 Å². The summed E-state index contributed by atoms with van der Waals surface area (Å²) in [4.78, 5) is 4.82. The van der Waals surface area contributed by atoms with Crippen LogP contribution < -0.4 is 5.32 Å². The zero-order valence-electron chi connectivity index (χ0n) is 13.2. The van der Waals surface area contributed by atoms with Crippen LogP contribution in [0.3, 0.4) is 0 Å². The Morgan fingerprint density at radius 1 is 1.24 bits per heavy atom. The van der Waals surface area contributed by atoms with Gasteiger partial charge in [-0.15, -0.1) is 0 Å². The van der Waals surface area contributed by atoms with Crippen LogP contribution in [0, 0.1) is 13.8 Å². The van der Waals surface area contributed by atoms with Crippen LogP contribution in [-0.2, 0) is 13.6 Å². The topological polar surface area (TPSA) is 36.3 Å². The maximum absolute atomic E-state index is 5.49. The second-order valence-corrected chi connectivity index (χ2v) is 6.65. The number of hydrogen-bond acceptors (Lipinski definition) is 3. The van der Waals surface area contributed by atoms with Gasteiger partial charge in [-0.3, -0.25) is 9.58 Å². The second kappa shape index (κ2) is 5.93. The Labute approximate surface area is 132 Å². The molecule has 6 heteroatoms. The molecule has 1 aromatic heterocycles. The molecular weight excluding hydrogens is 282 g/mol. The van der Waals surface area contributed by atoms with E-state index in [-0.39, 0.29) is 0 Å². The molecule has 2 aliphatic rings. The molecule has 0 bridgehead atoms. The summed E-state index contributed by atoms with van der Waals surface area (Å²) in [5, 5.41) is 8.89. The Morgan fingerprint density at radius 2 is 1.90 bits per heavy atom. The van der Waals surface area contributed by atoms with Crippen molar-refractivity contribution in [1.29, 1.82) is 0 Å². The molecule has 0 aromatic carbocycles. The van der Waals surface area contributed by atoms with Crippen molar-refractivity contribution in [3.8, 4) is 0 Å². The lowest BCUT2D eigenvalue weighted by Gasteiger charge is -2.36. The first-order valence-electron chi connectivity index (χ1n) is 7.81. The predicted octanol–water partition coefficient (Wildman–Crippen LogP) is 1.19. The molecule has 1 N–H and O–H groups in total. The molecule has 116 valence electrons. The number of nitrogens with zero attached hydrogens (tertiary/aromatic N) is 4. The van der Waals surface area contributed by atoms with Crippen LogP contribution in [-0.4, -0.2) is 56.9 Å². The largest absolute Gasteiger partial charge is 0.360 e. The Bertz CT molecular complexity index is 526. The van der Waals surface area contributed by atoms with Crippen molar-refractivity contribution in [3.63, 3.8) is 0 Å². The van der Waals surface area contributed by atoms with Crippen molar-refractivity contribution in [1.82, 2.24) is 24.9 Å². The first-order chi connectivity index (χ1) is 10.0. The number of aryl methyl sites for hydroxylation is 2. The van der Waals surface area contributed by atoms with Crippen LogP contribution in [0.5, 0.6) is 0 Å². The van der Waals surface area contributed by atoms with Gasteiger partial charge in [-0.2, -0.15) is 5.10 Å². The lowest BCUT2D eigenvalue weighted by molar-refractivity contribution is 0.174. The smallest absolute Gasteiger partial charge is 0.169 e. The first kappa shape index (κ1) is 14.8. The standard InChI is InChI=1S/C15H25N5S/c1-11-14(12(2)18(3)17-11)10-19-6-8-20(9-7-19)15(21)16-13-4-5-13/h13H,4-10H2,1-3H3,(H,16,21). The monoisotopic (exact) mass is 307 g/mol. The van der Waals surface area contributed by atoms with E-state index in [1.807, 2.05) is 11.7 Å². The molecule has 1 saturated heterocycles. The van der Waals surface area contributed by atoms with Gasteiger partial charge in [0.25, 0.3) is 0 Å². The van der Waals surface area contributed by atoms with Crippen LogP contribution in [0.1, 0.15) is 29.8 Å². The van der Waals surface area contributed by atoms with Crippen molar-refractivity contribution in [2.75, 3.05) is 26.2 Å². The van der Waals surface area contributed by atoms with Gasteiger partial charge >= 0.3 is 0 Å². The van der Waals surface area contributed by atoms with Gasteiger partial charge in [-0.25, -0.2) is 0 Å². The van der Waals surface area contributed by atoms with E-state index in [9.17, 15) is 0 Å². The van der Waals surface area contributed by atoms with Gasteiger partial charge in [0, 0.05) is 57.1 Å². The Kier molecular flexibility index (Phi) is 4.17. The fourth-order valence-corrected chi connectivity index (χ4v) is 3.22. The van der Waals surface area contributed by atoms with Crippen LogP contribution in [0.15, 0.2) is 0 Å². The lowest BCUT2D eigenvalue weighted by Crippen LogP contribution is -2.51. The van der Waals surface area contributed by atoms with Crippen LogP contribution in [0.4, 0.5) is 0 Å². The zero-order valence-corrected chi connectivity index (χ0v) is 14.0. The highest BCUT2D eigenvalue weighted by Crippen LogP contribution is 2.20. The number of nitrogens with one attached hydrogen (secondary N) is 1. The molecule has 1 aromatic rings. The van der Waals surface area contributed by atoms with Gasteiger partial charge in [0.15, 0.2) is 5.11 Å². The quantitative estimate of drug-likeness (QED) is 0.849. The van der Waals surface area contributed by atoms with Gasteiger partial charge < -0.3 is 10.2 Å². The molecule has 0 spiro atoms. The third-order valence-corrected chi connectivity index (χ3v) is 4.98. The van der Waals surface area contributed by atoms with Gasteiger partial charge in [0.1, 0.15) is 0 Å². The van der Waals surface area contributed by atoms with Crippen molar-refractivity contribution in [2.24, 2.45) is 7.05 Å². The summed E-state index contributed by atoms with van der Waals surface area (Å²) in [7, 11) is 2.02. The van der Waals surface area contributed by atoms with Crippen molar-refractivity contribution in [3.05, 3.63) is 17.0 Å². The molecule has 21 heavy (non-hydrogen) atoms. The minimum Gasteiger partial charge on any atom is -0.360 e. The third-order valence-electron chi connectivity index (χ3n) is 4.61. The fraction of sp³-hybridized carbons (Fsp3) is 0.733. The summed E-state index contributed by atoms with van der Waals surface area (Å²) in [6.07, 6.45) is 2.55. The molecule has 3 rings (SSSR count). The van der Waals surface area contributed by atoms with E-state index in [0.717, 1.165) is 43.5 Å². The summed E-state index contributed by atoms with van der Waals surface area (Å²) >= 11 is 5.49. The molecular formula is C15H25N5S. The molecule has 2 heterocycles. The molecule has 5 nitrogen and oxygen atoms in total. The molecule has 0 radical (unpaired) electrons. The normalized spacial score (nSPS) is 19.9. The van der Waals surface area contributed by atoms with Gasteiger partial charge in [-0.1, -0.05) is 0 Å². The Morgan fingerprint density at radius 3 is 2.43 bits per heavy atom. The van der Waals surface area contributed by atoms with E-state index >= 15 is 0 Å². The number of rotatable bonds is 3. The average Bonchev–Trinajstić information content (AvgIpc) is 3.24. The highest BCUT2D eigenvalue weighted by Gasteiger charge is 2.26. The van der Waals surface area contributed by atoms with E-state index in [4.69, 9.17) is 12.2 Å². The van der Waals surface area contributed by atoms with E-state index in [1.54, 1.807) is 0 Å². The predicted molar refractivity (Wildman–Crippen MR) is 88.3 cm³/mol. The molecule has 1 aliphatic carbocycles. The summed E-state index contributed by atoms with van der Waals surface area (Å²) in [6, 6.07) is 0.649. The molecule has 1 saturated carbocycles. The summed E-state index contributed by atoms with van der Waals surface area (Å²) in [5.41, 5.74) is 3.81. The minimum absolute atomic E-state index is 0.649. The maximum atomic E-state index is 5.49. The summed E-state index contributed by atoms with van der Waals surface area (Å²) < 4.78 is 1.98. The number of thiocarbonyl (C=S) groups is 1. The van der Waals surface area contributed by atoms with Gasteiger partial charge in [-0.05, 0) is 38.9 Å². The Hall–Kier alpha value is -1.14. The summed E-state index contributed by atoms with van der Waals surface area (Å²) in [5.74, 6) is 0. The fourth-order valence-electron chi connectivity index (χ4n) is 2.87. The maximum Gasteiger partial charge on any atom is 0.169 e. The molecule has 2 fully saturated rings. The average molecular weight is 307 g/mol. The molecule has 1 aliphatic heterocycles. The van der Waals surface area contributed by atoms with E-state index in [0.29, 0.717) is 6.04 Å². The van der Waals surface area contributed by atoms with E-state index in [1.165, 1.54) is 24.1 Å². The SMILES string of the molecule is Cc1nn(C)c(C)c1CN1CCN(C(=S)NC2CC2)CC1. The highest BCUT2D eigenvalue weighted by atomic mass is 32.1. The molecule has 0 unspecified atom stereocenters. The number of piperazine rings is 1. The lowest BCUT2D eigenvalue weighted by atomic mass is 10.1. The van der Waals surface area contributed by atoms with E-state index < -0.39 is 0 Å². The van der Waals surface area contributed by atoms with Gasteiger partial charge in [0.2, 0.25) is 0 Å². The zero-order chi connectivity index (χ0) is 15.0. The van der Waals surface area contributed by atoms with Crippen molar-refractivity contribution < 1.29 is 0 Å². The number of hydrogen-bond donors (Lipinski definition) is 1. The summed E-state index contributed by atoms with van der Waals surface area (Å²) in [6.45, 7) is 9.45. The molecule has 0 amide bonds. The van der Waals surface area contributed by atoms with Crippen LogP contribution in [0.25, 0.3) is 0 Å². The van der Waals surface area contributed by atoms with E-state index in [2.05, 4.69) is 34.1 Å². The molecule has 0 atom stereocenters. The van der Waals surface area contributed by atoms with Crippen LogP contribution in [0.2, 0.25) is 0 Å². The third kappa shape index (κ3) is 3.37. The van der Waals surface area contributed by atoms with Crippen molar-refractivity contribution in [2.45, 2.75) is 39.3 Å². The minimum atomic E-state index is 0.649.